The van der Waals surface area contributed by atoms with Crippen molar-refractivity contribution in [2.24, 2.45) is 0 Å². The maximum Gasteiger partial charge on any atom is 0.279 e. The third kappa shape index (κ3) is 2.29. The third-order valence-electron chi connectivity index (χ3n) is 2.69. The molecule has 0 amide bonds. The number of hydrogen-bond acceptors (Lipinski definition) is 4. The summed E-state index contributed by atoms with van der Waals surface area (Å²) >= 11 is 0. The van der Waals surface area contributed by atoms with Gasteiger partial charge in [-0.15, -0.1) is 0 Å². The second-order valence-electron chi connectivity index (χ2n) is 3.90. The number of nitrogens with zero attached hydrogens (tertiary/aromatic N) is 2. The quantitative estimate of drug-likeness (QED) is 0.592. The monoisotopic (exact) mass is 233 g/mol. The Morgan fingerprint density at radius 3 is 2.82 bits per heavy atom. The highest BCUT2D eigenvalue weighted by Crippen LogP contribution is 2.08. The Labute approximate surface area is 98.5 Å². The fraction of sp³-hybridized carbons (Fsp3) is 0.333. The molecule has 0 spiro atoms. The van der Waals surface area contributed by atoms with Gasteiger partial charge in [-0.3, -0.25) is 4.79 Å². The average molecular weight is 233 g/mol. The molecule has 2 rings (SSSR count). The van der Waals surface area contributed by atoms with E-state index >= 15 is 0 Å². The van der Waals surface area contributed by atoms with Crippen LogP contribution >= 0.6 is 0 Å². The van der Waals surface area contributed by atoms with Crippen molar-refractivity contribution < 1.29 is 5.11 Å². The minimum Gasteiger partial charge on any atom is -0.396 e. The van der Waals surface area contributed by atoms with Crippen LogP contribution in [0.3, 0.4) is 0 Å². The Morgan fingerprint density at radius 1 is 1.29 bits per heavy atom. The van der Waals surface area contributed by atoms with Crippen molar-refractivity contribution in [1.29, 1.82) is 0 Å². The van der Waals surface area contributed by atoms with Crippen LogP contribution in [0, 0.1) is 0 Å². The van der Waals surface area contributed by atoms with Crippen molar-refractivity contribution in [3.8, 4) is 0 Å². The molecule has 0 atom stereocenters. The first-order valence-electron chi connectivity index (χ1n) is 5.60. The van der Waals surface area contributed by atoms with Gasteiger partial charge in [0.15, 0.2) is 0 Å². The van der Waals surface area contributed by atoms with Gasteiger partial charge in [-0.05, 0) is 25.0 Å². The summed E-state index contributed by atoms with van der Waals surface area (Å²) in [5.41, 5.74) is 0.438. The summed E-state index contributed by atoms with van der Waals surface area (Å²) in [6.07, 6.45) is 2.04. The molecule has 0 aliphatic carbocycles. The van der Waals surface area contributed by atoms with Crippen LogP contribution in [0.15, 0.2) is 29.1 Å². The van der Waals surface area contributed by atoms with E-state index in [1.54, 1.807) is 18.2 Å². The summed E-state index contributed by atoms with van der Waals surface area (Å²) < 4.78 is 1.10. The highest BCUT2D eigenvalue weighted by molar-refractivity contribution is 5.77. The highest BCUT2D eigenvalue weighted by Gasteiger charge is 2.07. The van der Waals surface area contributed by atoms with Gasteiger partial charge in [-0.2, -0.15) is 0 Å². The zero-order chi connectivity index (χ0) is 12.3. The van der Waals surface area contributed by atoms with Crippen molar-refractivity contribution in [3.63, 3.8) is 0 Å². The van der Waals surface area contributed by atoms with E-state index < -0.39 is 0 Å². The second kappa shape index (κ2) is 4.97. The van der Waals surface area contributed by atoms with Crippen LogP contribution in [0.25, 0.3) is 10.9 Å². The number of aliphatic hydroxyl groups excluding tert-OH is 1. The zero-order valence-electron chi connectivity index (χ0n) is 9.47. The number of nitrogen functional groups attached to an aromatic ring is 1. The third-order valence-corrected chi connectivity index (χ3v) is 2.69. The van der Waals surface area contributed by atoms with Crippen LogP contribution in [0.2, 0.25) is 0 Å². The van der Waals surface area contributed by atoms with E-state index in [2.05, 4.69) is 4.98 Å². The van der Waals surface area contributed by atoms with Gasteiger partial charge in [-0.25, -0.2) is 9.66 Å². The molecule has 5 heteroatoms. The summed E-state index contributed by atoms with van der Waals surface area (Å²) in [6.45, 7) is 0.141. The number of rotatable bonds is 4. The number of nitrogens with two attached hydrogens (primary N) is 1. The number of unbranched alkanes of at least 4 members (excludes halogenated alkanes) is 1. The molecule has 3 N–H and O–H groups in total. The van der Waals surface area contributed by atoms with Crippen LogP contribution in [0.1, 0.15) is 18.7 Å². The Morgan fingerprint density at radius 2 is 2.06 bits per heavy atom. The molecule has 90 valence electrons. The molecule has 1 aromatic carbocycles. The summed E-state index contributed by atoms with van der Waals surface area (Å²) in [4.78, 5) is 16.3. The smallest absolute Gasteiger partial charge is 0.279 e. The topological polar surface area (TPSA) is 81.1 Å². The lowest BCUT2D eigenvalue weighted by atomic mass is 10.2. The first-order chi connectivity index (χ1) is 8.24. The van der Waals surface area contributed by atoms with Gasteiger partial charge in [0, 0.05) is 13.0 Å². The standard InChI is InChI=1S/C12H15N3O2/c13-15-11(7-3-4-8-16)14-10-6-2-1-5-9(10)12(15)17/h1-2,5-6,16H,3-4,7-8,13H2. The van der Waals surface area contributed by atoms with Crippen molar-refractivity contribution >= 4 is 10.9 Å². The van der Waals surface area contributed by atoms with E-state index in [1.807, 2.05) is 6.07 Å². The van der Waals surface area contributed by atoms with Crippen molar-refractivity contribution in [1.82, 2.24) is 9.66 Å². The fourth-order valence-electron chi connectivity index (χ4n) is 1.76. The molecule has 17 heavy (non-hydrogen) atoms. The van der Waals surface area contributed by atoms with E-state index in [0.717, 1.165) is 11.1 Å². The van der Waals surface area contributed by atoms with Crippen LogP contribution in [-0.2, 0) is 6.42 Å². The zero-order valence-corrected chi connectivity index (χ0v) is 9.47. The van der Waals surface area contributed by atoms with E-state index in [1.165, 1.54) is 0 Å². The normalized spacial score (nSPS) is 10.9. The Hall–Kier alpha value is -1.88. The first-order valence-corrected chi connectivity index (χ1v) is 5.60. The van der Waals surface area contributed by atoms with Gasteiger partial charge in [0.2, 0.25) is 0 Å². The molecule has 1 heterocycles. The van der Waals surface area contributed by atoms with Crippen LogP contribution in [0.5, 0.6) is 0 Å². The number of aryl methyl sites for hydroxylation is 1. The molecule has 0 radical (unpaired) electrons. The van der Waals surface area contributed by atoms with Gasteiger partial charge in [0.05, 0.1) is 10.9 Å². The second-order valence-corrected chi connectivity index (χ2v) is 3.90. The minimum atomic E-state index is -0.227. The summed E-state index contributed by atoms with van der Waals surface area (Å²) in [5, 5.41) is 9.25. The number of para-hydroxylation sites is 1. The lowest BCUT2D eigenvalue weighted by Crippen LogP contribution is -2.31. The fourth-order valence-corrected chi connectivity index (χ4v) is 1.76. The average Bonchev–Trinajstić information content (AvgIpc) is 2.35. The van der Waals surface area contributed by atoms with E-state index in [0.29, 0.717) is 29.6 Å². The molecule has 5 nitrogen and oxygen atoms in total. The SMILES string of the molecule is Nn1c(CCCCO)nc2ccccc2c1=O. The Bertz CT molecular complexity index is 577. The van der Waals surface area contributed by atoms with Crippen molar-refractivity contribution in [2.45, 2.75) is 19.3 Å². The molecule has 0 saturated heterocycles. The van der Waals surface area contributed by atoms with E-state index in [-0.39, 0.29) is 12.2 Å². The molecule has 0 aliphatic heterocycles. The van der Waals surface area contributed by atoms with Gasteiger partial charge in [0.25, 0.3) is 5.56 Å². The van der Waals surface area contributed by atoms with Gasteiger partial charge in [-0.1, -0.05) is 12.1 Å². The van der Waals surface area contributed by atoms with E-state index in [9.17, 15) is 4.79 Å². The molecule has 0 saturated carbocycles. The predicted octanol–water partition coefficient (Wildman–Crippen LogP) is 0.425. The number of aromatic nitrogens is 2. The van der Waals surface area contributed by atoms with Gasteiger partial charge >= 0.3 is 0 Å². The van der Waals surface area contributed by atoms with Crippen molar-refractivity contribution in [3.05, 3.63) is 40.4 Å². The van der Waals surface area contributed by atoms with Crippen molar-refractivity contribution in [2.75, 3.05) is 12.4 Å². The Balaban J connectivity index is 2.43. The molecule has 1 aromatic heterocycles. The molecule has 0 fully saturated rings. The minimum absolute atomic E-state index is 0.141. The molecule has 0 bridgehead atoms. The molecular weight excluding hydrogens is 218 g/mol. The van der Waals surface area contributed by atoms with Gasteiger partial charge < -0.3 is 10.9 Å². The number of benzene rings is 1. The lowest BCUT2D eigenvalue weighted by molar-refractivity contribution is 0.284. The van der Waals surface area contributed by atoms with Crippen LogP contribution < -0.4 is 11.4 Å². The van der Waals surface area contributed by atoms with Crippen LogP contribution in [0.4, 0.5) is 0 Å². The molecular formula is C12H15N3O2. The predicted molar refractivity (Wildman–Crippen MR) is 66.2 cm³/mol. The van der Waals surface area contributed by atoms with Gasteiger partial charge in [0.1, 0.15) is 5.82 Å². The van der Waals surface area contributed by atoms with E-state index in [4.69, 9.17) is 10.9 Å². The number of fused-ring (bicyclic) bond motifs is 1. The summed E-state index contributed by atoms with van der Waals surface area (Å²) in [6, 6.07) is 7.14. The number of aliphatic hydroxyl groups is 1. The van der Waals surface area contributed by atoms with Crippen LogP contribution in [-0.4, -0.2) is 21.4 Å². The highest BCUT2D eigenvalue weighted by atomic mass is 16.2. The lowest BCUT2D eigenvalue weighted by Gasteiger charge is -2.08. The Kier molecular flexibility index (Phi) is 3.39. The summed E-state index contributed by atoms with van der Waals surface area (Å²) in [5.74, 6) is 6.27. The first kappa shape index (κ1) is 11.6. The molecule has 0 aliphatic rings. The number of hydrogen-bond donors (Lipinski definition) is 2. The summed E-state index contributed by atoms with van der Waals surface area (Å²) in [7, 11) is 0. The maximum atomic E-state index is 11.9. The molecule has 2 aromatic rings. The molecule has 0 unspecified atom stereocenters. The maximum absolute atomic E-state index is 11.9. The largest absolute Gasteiger partial charge is 0.396 e.